The zero-order valence-electron chi connectivity index (χ0n) is 9.47. The van der Waals surface area contributed by atoms with E-state index in [2.05, 4.69) is 0 Å². The van der Waals surface area contributed by atoms with Gasteiger partial charge in [-0.2, -0.15) is 0 Å². The minimum absolute atomic E-state index is 0.0206. The zero-order valence-corrected chi connectivity index (χ0v) is 9.47. The summed E-state index contributed by atoms with van der Waals surface area (Å²) >= 11 is 0. The summed E-state index contributed by atoms with van der Waals surface area (Å²) < 4.78 is 0. The summed E-state index contributed by atoms with van der Waals surface area (Å²) in [5, 5.41) is 9.62. The number of hydrogen-bond acceptors (Lipinski definition) is 2. The van der Waals surface area contributed by atoms with Crippen molar-refractivity contribution in [2.24, 2.45) is 0 Å². The third-order valence-electron chi connectivity index (χ3n) is 3.13. The molecule has 0 spiro atoms. The maximum absolute atomic E-state index is 11.7. The molecule has 2 rings (SSSR count). The Kier molecular flexibility index (Phi) is 3.25. The molecule has 0 saturated carbocycles. The first-order valence-electron chi connectivity index (χ1n) is 5.70. The molecule has 3 nitrogen and oxygen atoms in total. The van der Waals surface area contributed by atoms with Crippen molar-refractivity contribution in [3.05, 3.63) is 35.9 Å². The van der Waals surface area contributed by atoms with Crippen LogP contribution in [0.5, 0.6) is 0 Å². The van der Waals surface area contributed by atoms with Crippen LogP contribution in [0.4, 0.5) is 0 Å². The number of aliphatic hydroxyl groups is 1. The van der Waals surface area contributed by atoms with Crippen LogP contribution in [-0.4, -0.2) is 28.1 Å². The zero-order chi connectivity index (χ0) is 11.5. The van der Waals surface area contributed by atoms with E-state index in [1.807, 2.05) is 30.3 Å². The standard InChI is InChI=1S/C13H17NO2/c1-10(15)12-7-8-13(16)14(12)9-11-5-3-2-4-6-11/h2-6,10,12,15H,7-9H2,1H3. The molecule has 1 aromatic carbocycles. The predicted molar refractivity (Wildman–Crippen MR) is 61.7 cm³/mol. The quantitative estimate of drug-likeness (QED) is 0.838. The lowest BCUT2D eigenvalue weighted by molar-refractivity contribution is -0.130. The molecule has 1 heterocycles. The van der Waals surface area contributed by atoms with Gasteiger partial charge in [-0.3, -0.25) is 4.79 Å². The predicted octanol–water partition coefficient (Wildman–Crippen LogP) is 1.56. The molecule has 1 amide bonds. The smallest absolute Gasteiger partial charge is 0.223 e. The summed E-state index contributed by atoms with van der Waals surface area (Å²) in [7, 11) is 0. The lowest BCUT2D eigenvalue weighted by Gasteiger charge is -2.27. The Morgan fingerprint density at radius 2 is 2.12 bits per heavy atom. The van der Waals surface area contributed by atoms with Gasteiger partial charge in [0.15, 0.2) is 0 Å². The van der Waals surface area contributed by atoms with Gasteiger partial charge in [0.25, 0.3) is 0 Å². The van der Waals surface area contributed by atoms with Gasteiger partial charge in [0, 0.05) is 13.0 Å². The van der Waals surface area contributed by atoms with Crippen molar-refractivity contribution in [3.8, 4) is 0 Å². The number of hydrogen-bond donors (Lipinski definition) is 1. The monoisotopic (exact) mass is 219 g/mol. The number of benzene rings is 1. The highest BCUT2D eigenvalue weighted by molar-refractivity contribution is 5.78. The van der Waals surface area contributed by atoms with Crippen LogP contribution in [0.3, 0.4) is 0 Å². The van der Waals surface area contributed by atoms with Crippen molar-refractivity contribution in [2.45, 2.75) is 38.5 Å². The third kappa shape index (κ3) is 2.25. The van der Waals surface area contributed by atoms with E-state index in [4.69, 9.17) is 0 Å². The molecule has 16 heavy (non-hydrogen) atoms. The Balaban J connectivity index is 2.10. The van der Waals surface area contributed by atoms with Crippen LogP contribution in [0.1, 0.15) is 25.3 Å². The fourth-order valence-corrected chi connectivity index (χ4v) is 2.24. The van der Waals surface area contributed by atoms with E-state index in [9.17, 15) is 9.90 Å². The Morgan fingerprint density at radius 3 is 2.75 bits per heavy atom. The van der Waals surface area contributed by atoms with Crippen molar-refractivity contribution < 1.29 is 9.90 Å². The number of carbonyl (C=O) groups is 1. The minimum Gasteiger partial charge on any atom is -0.391 e. The molecule has 0 radical (unpaired) electrons. The SMILES string of the molecule is CC(O)C1CCC(=O)N1Cc1ccccc1. The lowest BCUT2D eigenvalue weighted by Crippen LogP contribution is -2.39. The molecule has 2 unspecified atom stereocenters. The van der Waals surface area contributed by atoms with E-state index in [0.29, 0.717) is 13.0 Å². The maximum Gasteiger partial charge on any atom is 0.223 e. The highest BCUT2D eigenvalue weighted by Gasteiger charge is 2.33. The van der Waals surface area contributed by atoms with Crippen molar-refractivity contribution in [1.82, 2.24) is 4.90 Å². The molecule has 1 aliphatic rings. The van der Waals surface area contributed by atoms with E-state index >= 15 is 0 Å². The number of aliphatic hydroxyl groups excluding tert-OH is 1. The van der Waals surface area contributed by atoms with Crippen molar-refractivity contribution in [1.29, 1.82) is 0 Å². The van der Waals surface area contributed by atoms with E-state index in [1.165, 1.54) is 0 Å². The average Bonchev–Trinajstić information content (AvgIpc) is 2.62. The summed E-state index contributed by atoms with van der Waals surface area (Å²) in [6, 6.07) is 9.88. The van der Waals surface area contributed by atoms with Gasteiger partial charge in [-0.15, -0.1) is 0 Å². The largest absolute Gasteiger partial charge is 0.391 e. The van der Waals surface area contributed by atoms with Gasteiger partial charge in [0.1, 0.15) is 0 Å². The van der Waals surface area contributed by atoms with Crippen molar-refractivity contribution in [3.63, 3.8) is 0 Å². The molecule has 1 aromatic rings. The summed E-state index contributed by atoms with van der Waals surface area (Å²) in [5.74, 6) is 0.148. The number of rotatable bonds is 3. The maximum atomic E-state index is 11.7. The molecule has 0 aliphatic carbocycles. The van der Waals surface area contributed by atoms with Crippen LogP contribution in [-0.2, 0) is 11.3 Å². The van der Waals surface area contributed by atoms with Gasteiger partial charge in [0.05, 0.1) is 12.1 Å². The van der Waals surface area contributed by atoms with Gasteiger partial charge in [0.2, 0.25) is 5.91 Å². The van der Waals surface area contributed by atoms with Crippen LogP contribution < -0.4 is 0 Å². The van der Waals surface area contributed by atoms with E-state index < -0.39 is 6.10 Å². The Morgan fingerprint density at radius 1 is 1.44 bits per heavy atom. The second-order valence-electron chi connectivity index (χ2n) is 4.35. The van der Waals surface area contributed by atoms with E-state index in [0.717, 1.165) is 12.0 Å². The fraction of sp³-hybridized carbons (Fsp3) is 0.462. The highest BCUT2D eigenvalue weighted by atomic mass is 16.3. The number of likely N-dealkylation sites (tertiary alicyclic amines) is 1. The minimum atomic E-state index is -0.449. The molecule has 1 fully saturated rings. The molecule has 0 bridgehead atoms. The molecule has 1 saturated heterocycles. The van der Waals surface area contributed by atoms with Gasteiger partial charge < -0.3 is 10.0 Å². The average molecular weight is 219 g/mol. The third-order valence-corrected chi connectivity index (χ3v) is 3.13. The second-order valence-corrected chi connectivity index (χ2v) is 4.35. The molecular formula is C13H17NO2. The first-order chi connectivity index (χ1) is 7.68. The second kappa shape index (κ2) is 4.66. The summed E-state index contributed by atoms with van der Waals surface area (Å²) in [4.78, 5) is 13.5. The molecular weight excluding hydrogens is 202 g/mol. The lowest BCUT2D eigenvalue weighted by atomic mass is 10.1. The Bertz CT molecular complexity index is 361. The van der Waals surface area contributed by atoms with Gasteiger partial charge in [-0.25, -0.2) is 0 Å². The molecule has 2 atom stereocenters. The normalized spacial score (nSPS) is 22.5. The molecule has 86 valence electrons. The molecule has 1 N–H and O–H groups in total. The summed E-state index contributed by atoms with van der Waals surface area (Å²) in [6.45, 7) is 2.36. The Labute approximate surface area is 95.7 Å². The van der Waals surface area contributed by atoms with Crippen LogP contribution in [0.25, 0.3) is 0 Å². The fourth-order valence-electron chi connectivity index (χ4n) is 2.24. The highest BCUT2D eigenvalue weighted by Crippen LogP contribution is 2.23. The van der Waals surface area contributed by atoms with Crippen molar-refractivity contribution in [2.75, 3.05) is 0 Å². The number of carbonyl (C=O) groups excluding carboxylic acids is 1. The number of amides is 1. The summed E-state index contributed by atoms with van der Waals surface area (Å²) in [6.07, 6.45) is 0.876. The summed E-state index contributed by atoms with van der Waals surface area (Å²) in [5.41, 5.74) is 1.11. The van der Waals surface area contributed by atoms with Crippen molar-refractivity contribution >= 4 is 5.91 Å². The topological polar surface area (TPSA) is 40.5 Å². The van der Waals surface area contributed by atoms with Crippen LogP contribution >= 0.6 is 0 Å². The van der Waals surface area contributed by atoms with E-state index in [1.54, 1.807) is 11.8 Å². The van der Waals surface area contributed by atoms with Crippen LogP contribution in [0, 0.1) is 0 Å². The van der Waals surface area contributed by atoms with Crippen LogP contribution in [0.15, 0.2) is 30.3 Å². The van der Waals surface area contributed by atoms with Gasteiger partial charge in [-0.1, -0.05) is 30.3 Å². The molecule has 1 aliphatic heterocycles. The van der Waals surface area contributed by atoms with Gasteiger partial charge >= 0.3 is 0 Å². The first-order valence-corrected chi connectivity index (χ1v) is 5.70. The molecule has 3 heteroatoms. The van der Waals surface area contributed by atoms with Crippen LogP contribution in [0.2, 0.25) is 0 Å². The molecule has 0 aromatic heterocycles. The first kappa shape index (κ1) is 11.1. The number of nitrogens with zero attached hydrogens (tertiary/aromatic N) is 1. The van der Waals surface area contributed by atoms with Gasteiger partial charge in [-0.05, 0) is 18.9 Å². The Hall–Kier alpha value is -1.35. The van der Waals surface area contributed by atoms with E-state index in [-0.39, 0.29) is 11.9 Å².